The third-order valence-electron chi connectivity index (χ3n) is 2.13. The first-order valence-electron chi connectivity index (χ1n) is 4.21. The number of nitrogens with zero attached hydrogens (tertiary/aromatic N) is 3. The van der Waals surface area contributed by atoms with Crippen molar-refractivity contribution in [2.24, 2.45) is 0 Å². The van der Waals surface area contributed by atoms with Crippen molar-refractivity contribution in [3.63, 3.8) is 0 Å². The Bertz CT molecular complexity index is 290. The molecule has 5 heteroatoms. The molecule has 3 radical (unpaired) electrons. The van der Waals surface area contributed by atoms with Gasteiger partial charge >= 0.3 is 0 Å². The number of halogens is 1. The topological polar surface area (TPSA) is 29.0 Å². The summed E-state index contributed by atoms with van der Waals surface area (Å²) in [6.45, 7) is 2.03. The number of aromatic nitrogens is 2. The number of hydrogen-bond acceptors (Lipinski definition) is 3. The van der Waals surface area contributed by atoms with E-state index < -0.39 is 0 Å². The van der Waals surface area contributed by atoms with E-state index in [-0.39, 0.29) is 0 Å². The van der Waals surface area contributed by atoms with Crippen molar-refractivity contribution < 1.29 is 0 Å². The standard InChI is InChI=1S/C8H9ClN3Si/c9-7-1-2-8(11-10-7)12-4-3-6(13)5-12/h1-2,6H,3-5H2. The lowest BCUT2D eigenvalue weighted by Crippen LogP contribution is -2.20. The highest BCUT2D eigenvalue weighted by molar-refractivity contribution is 6.29. The Morgan fingerprint density at radius 1 is 1.46 bits per heavy atom. The predicted molar refractivity (Wildman–Crippen MR) is 53.4 cm³/mol. The molecule has 1 aromatic rings. The van der Waals surface area contributed by atoms with Crippen LogP contribution in [-0.2, 0) is 0 Å². The average molecular weight is 211 g/mol. The van der Waals surface area contributed by atoms with Crippen LogP contribution >= 0.6 is 11.6 Å². The molecule has 67 valence electrons. The largest absolute Gasteiger partial charge is 0.355 e. The lowest BCUT2D eigenvalue weighted by Gasteiger charge is -2.15. The molecule has 0 amide bonds. The van der Waals surface area contributed by atoms with Crippen LogP contribution in [0, 0.1) is 0 Å². The van der Waals surface area contributed by atoms with Gasteiger partial charge < -0.3 is 4.90 Å². The van der Waals surface area contributed by atoms with E-state index >= 15 is 0 Å². The van der Waals surface area contributed by atoms with E-state index in [9.17, 15) is 0 Å². The smallest absolute Gasteiger partial charge is 0.151 e. The quantitative estimate of drug-likeness (QED) is 0.655. The summed E-state index contributed by atoms with van der Waals surface area (Å²) in [6.07, 6.45) is 1.15. The van der Waals surface area contributed by atoms with Crippen LogP contribution in [0.1, 0.15) is 6.42 Å². The fourth-order valence-corrected chi connectivity index (χ4v) is 1.90. The second-order valence-electron chi connectivity index (χ2n) is 3.15. The first-order valence-corrected chi connectivity index (χ1v) is 5.16. The van der Waals surface area contributed by atoms with Crippen molar-refractivity contribution in [3.8, 4) is 0 Å². The van der Waals surface area contributed by atoms with Crippen LogP contribution in [0.3, 0.4) is 0 Å². The van der Waals surface area contributed by atoms with E-state index in [2.05, 4.69) is 25.3 Å². The van der Waals surface area contributed by atoms with Gasteiger partial charge in [-0.05, 0) is 24.1 Å². The van der Waals surface area contributed by atoms with Crippen molar-refractivity contribution in [2.75, 3.05) is 18.0 Å². The van der Waals surface area contributed by atoms with Crippen LogP contribution in [-0.4, -0.2) is 33.5 Å². The van der Waals surface area contributed by atoms with Gasteiger partial charge in [0.15, 0.2) is 11.0 Å². The summed E-state index contributed by atoms with van der Waals surface area (Å²) in [5, 5.41) is 8.27. The Morgan fingerprint density at radius 3 is 2.85 bits per heavy atom. The van der Waals surface area contributed by atoms with Gasteiger partial charge in [0.05, 0.1) is 0 Å². The summed E-state index contributed by atoms with van der Waals surface area (Å²) in [6, 6.07) is 3.67. The van der Waals surface area contributed by atoms with Gasteiger partial charge in [0, 0.05) is 23.3 Å². The molecule has 1 saturated heterocycles. The molecule has 1 fully saturated rings. The minimum absolute atomic E-state index is 0.442. The SMILES string of the molecule is [Si]C1CCN(c2ccc(Cl)nn2)C1. The van der Waals surface area contributed by atoms with Crippen molar-refractivity contribution >= 4 is 27.7 Å². The molecule has 0 bridgehead atoms. The van der Waals surface area contributed by atoms with Crippen LogP contribution in [0.4, 0.5) is 5.82 Å². The second kappa shape index (κ2) is 3.63. The molecule has 1 unspecified atom stereocenters. The summed E-state index contributed by atoms with van der Waals surface area (Å²) in [7, 11) is 3.62. The average Bonchev–Trinajstić information content (AvgIpc) is 2.53. The molecule has 0 aromatic carbocycles. The summed E-state index contributed by atoms with van der Waals surface area (Å²) >= 11 is 5.65. The van der Waals surface area contributed by atoms with Crippen LogP contribution in [0.15, 0.2) is 12.1 Å². The maximum atomic E-state index is 5.65. The highest BCUT2D eigenvalue weighted by atomic mass is 35.5. The van der Waals surface area contributed by atoms with Gasteiger partial charge in [0.1, 0.15) is 0 Å². The normalized spacial score (nSPS) is 22.3. The fourth-order valence-electron chi connectivity index (χ4n) is 1.45. The third kappa shape index (κ3) is 2.00. The molecule has 1 atom stereocenters. The molecule has 0 saturated carbocycles. The molecule has 13 heavy (non-hydrogen) atoms. The number of rotatable bonds is 1. The Balaban J connectivity index is 2.13. The molecule has 0 spiro atoms. The first-order chi connectivity index (χ1) is 6.25. The van der Waals surface area contributed by atoms with Crippen molar-refractivity contribution in [2.45, 2.75) is 12.0 Å². The summed E-state index contributed by atoms with van der Waals surface area (Å²) < 4.78 is 0. The minimum Gasteiger partial charge on any atom is -0.355 e. The van der Waals surface area contributed by atoms with E-state index in [0.29, 0.717) is 10.7 Å². The minimum atomic E-state index is 0.442. The van der Waals surface area contributed by atoms with Crippen LogP contribution in [0.5, 0.6) is 0 Å². The Hall–Kier alpha value is -0.613. The van der Waals surface area contributed by atoms with E-state index in [1.807, 2.05) is 6.07 Å². The molecule has 0 aliphatic carbocycles. The molecule has 1 aromatic heterocycles. The lowest BCUT2D eigenvalue weighted by atomic mass is 10.4. The monoisotopic (exact) mass is 210 g/mol. The van der Waals surface area contributed by atoms with Gasteiger partial charge in [-0.25, -0.2) is 0 Å². The second-order valence-corrected chi connectivity index (χ2v) is 4.35. The highest BCUT2D eigenvalue weighted by Gasteiger charge is 2.19. The van der Waals surface area contributed by atoms with Crippen molar-refractivity contribution in [1.82, 2.24) is 10.2 Å². The van der Waals surface area contributed by atoms with Crippen molar-refractivity contribution in [3.05, 3.63) is 17.3 Å². The fraction of sp³-hybridized carbons (Fsp3) is 0.500. The first kappa shape index (κ1) is 8.96. The number of hydrogen-bond donors (Lipinski definition) is 0. The number of anilines is 1. The van der Waals surface area contributed by atoms with Gasteiger partial charge in [-0.3, -0.25) is 0 Å². The zero-order chi connectivity index (χ0) is 9.26. The van der Waals surface area contributed by atoms with Crippen LogP contribution < -0.4 is 4.90 Å². The Labute approximate surface area is 85.5 Å². The molecule has 2 rings (SSSR count). The lowest BCUT2D eigenvalue weighted by molar-refractivity contribution is 0.893. The van der Waals surface area contributed by atoms with Crippen LogP contribution in [0.25, 0.3) is 0 Å². The van der Waals surface area contributed by atoms with E-state index in [1.165, 1.54) is 0 Å². The van der Waals surface area contributed by atoms with Gasteiger partial charge in [-0.15, -0.1) is 10.2 Å². The summed E-state index contributed by atoms with van der Waals surface area (Å²) in [4.78, 5) is 2.20. The van der Waals surface area contributed by atoms with E-state index in [1.54, 1.807) is 6.07 Å². The van der Waals surface area contributed by atoms with Gasteiger partial charge in [0.2, 0.25) is 0 Å². The summed E-state index contributed by atoms with van der Waals surface area (Å²) in [5.74, 6) is 0.908. The van der Waals surface area contributed by atoms with E-state index in [0.717, 1.165) is 25.3 Å². The molecule has 1 aliphatic rings. The summed E-state index contributed by atoms with van der Waals surface area (Å²) in [5.41, 5.74) is 0.567. The van der Waals surface area contributed by atoms with E-state index in [4.69, 9.17) is 11.6 Å². The molecule has 3 nitrogen and oxygen atoms in total. The maximum Gasteiger partial charge on any atom is 0.151 e. The van der Waals surface area contributed by atoms with Gasteiger partial charge in [0.25, 0.3) is 0 Å². The zero-order valence-corrected chi connectivity index (χ0v) is 8.83. The molecular weight excluding hydrogens is 202 g/mol. The highest BCUT2D eigenvalue weighted by Crippen LogP contribution is 2.23. The predicted octanol–water partition coefficient (Wildman–Crippen LogP) is 1.30. The van der Waals surface area contributed by atoms with Gasteiger partial charge in [-0.1, -0.05) is 11.6 Å². The molecule has 2 heterocycles. The van der Waals surface area contributed by atoms with Gasteiger partial charge in [-0.2, -0.15) is 0 Å². The Morgan fingerprint density at radius 2 is 2.31 bits per heavy atom. The Kier molecular flexibility index (Phi) is 2.51. The molecule has 0 N–H and O–H groups in total. The van der Waals surface area contributed by atoms with Crippen molar-refractivity contribution in [1.29, 1.82) is 0 Å². The van der Waals surface area contributed by atoms with Crippen LogP contribution in [0.2, 0.25) is 10.7 Å². The molecule has 1 aliphatic heterocycles. The maximum absolute atomic E-state index is 5.65. The molecular formula is C8H9ClN3Si. The third-order valence-corrected chi connectivity index (χ3v) is 2.80. The zero-order valence-electron chi connectivity index (χ0n) is 7.07.